The summed E-state index contributed by atoms with van der Waals surface area (Å²) < 4.78 is 33.7. The van der Waals surface area contributed by atoms with E-state index >= 15 is 0 Å². The Balaban J connectivity index is 6.77. The lowest BCUT2D eigenvalue weighted by molar-refractivity contribution is -0.0733. The summed E-state index contributed by atoms with van der Waals surface area (Å²) in [6, 6.07) is 0. The number of rotatable bonds is 17. The Bertz CT molecular complexity index is 633. The molecule has 0 aromatic rings. The molecular formula is C23H57NO6Si5. The second-order valence-electron chi connectivity index (χ2n) is 13.9. The molecule has 0 N–H and O–H groups in total. The van der Waals surface area contributed by atoms with Gasteiger partial charge in [0.15, 0.2) is 41.6 Å². The van der Waals surface area contributed by atoms with Crippen LogP contribution in [0.15, 0.2) is 5.16 Å². The van der Waals surface area contributed by atoms with Crippen LogP contribution in [0.25, 0.3) is 0 Å². The molecule has 12 heteroatoms. The zero-order valence-electron chi connectivity index (χ0n) is 25.7. The number of oxime groups is 1. The minimum Gasteiger partial charge on any atom is -0.415 e. The maximum Gasteiger partial charge on any atom is 0.184 e. The van der Waals surface area contributed by atoms with Crippen molar-refractivity contribution < 1.29 is 27.0 Å². The predicted molar refractivity (Wildman–Crippen MR) is 162 cm³/mol. The van der Waals surface area contributed by atoms with Gasteiger partial charge in [-0.3, -0.25) is 0 Å². The molecule has 210 valence electrons. The van der Waals surface area contributed by atoms with Gasteiger partial charge in [-0.2, -0.15) is 0 Å². The first-order valence-corrected chi connectivity index (χ1v) is 30.0. The molecule has 0 saturated heterocycles. The number of nitrogens with zero attached hydrogens (tertiary/aromatic N) is 1. The maximum atomic E-state index is 6.92. The van der Waals surface area contributed by atoms with Crippen molar-refractivity contribution in [1.82, 2.24) is 0 Å². The molecule has 7 nitrogen and oxygen atoms in total. The van der Waals surface area contributed by atoms with Crippen LogP contribution in [0.1, 0.15) is 6.92 Å². The van der Waals surface area contributed by atoms with Gasteiger partial charge in [-0.05, 0) is 105 Å². The number of hydrogen-bond donors (Lipinski definition) is 0. The van der Waals surface area contributed by atoms with E-state index in [0.717, 1.165) is 0 Å². The highest BCUT2D eigenvalue weighted by molar-refractivity contribution is 6.71. The van der Waals surface area contributed by atoms with Crippen molar-refractivity contribution in [2.75, 3.05) is 13.2 Å². The van der Waals surface area contributed by atoms with Crippen LogP contribution in [0.2, 0.25) is 98.2 Å². The Hall–Kier alpha value is 0.354. The molecule has 0 bridgehead atoms. The standard InChI is InChI=1S/C23H57NO6Si5/c1-17-25-24-18-20(27-32(5,6)7)22(29-34(11,12)13)23(30-35(14,15)16)21(28-33(8,9)10)19-26-31(2,3)4/h18,20-23H,17,19H2,1-16H3/b24-18+. The van der Waals surface area contributed by atoms with E-state index in [1.54, 1.807) is 6.21 Å². The van der Waals surface area contributed by atoms with Crippen LogP contribution in [-0.2, 0) is 27.0 Å². The molecule has 0 aliphatic heterocycles. The minimum absolute atomic E-state index is 0.269. The second-order valence-corrected chi connectivity index (χ2v) is 36.3. The fourth-order valence-electron chi connectivity index (χ4n) is 3.24. The van der Waals surface area contributed by atoms with E-state index in [1.807, 2.05) is 6.92 Å². The lowest BCUT2D eigenvalue weighted by Gasteiger charge is -2.45. The fourth-order valence-corrected chi connectivity index (χ4v) is 8.22. The Labute approximate surface area is 222 Å². The van der Waals surface area contributed by atoms with Crippen LogP contribution in [0.4, 0.5) is 0 Å². The average molecular weight is 584 g/mol. The van der Waals surface area contributed by atoms with Crippen LogP contribution in [0.5, 0.6) is 0 Å². The first-order valence-electron chi connectivity index (χ1n) is 12.9. The number of hydrogen-bond acceptors (Lipinski definition) is 7. The van der Waals surface area contributed by atoms with Crippen LogP contribution < -0.4 is 0 Å². The van der Waals surface area contributed by atoms with Crippen molar-refractivity contribution in [3.05, 3.63) is 0 Å². The molecule has 0 fully saturated rings. The highest BCUT2D eigenvalue weighted by atomic mass is 28.4. The van der Waals surface area contributed by atoms with Crippen molar-refractivity contribution in [3.63, 3.8) is 0 Å². The second kappa shape index (κ2) is 13.9. The van der Waals surface area contributed by atoms with Gasteiger partial charge in [-0.15, -0.1) is 0 Å². The maximum absolute atomic E-state index is 6.92. The van der Waals surface area contributed by atoms with Gasteiger partial charge < -0.3 is 27.0 Å². The third-order valence-corrected chi connectivity index (χ3v) is 9.06. The Morgan fingerprint density at radius 1 is 0.571 bits per heavy atom. The van der Waals surface area contributed by atoms with Crippen LogP contribution in [0.3, 0.4) is 0 Å². The van der Waals surface area contributed by atoms with Gasteiger partial charge in [0.1, 0.15) is 18.8 Å². The Morgan fingerprint density at radius 2 is 1.00 bits per heavy atom. The van der Waals surface area contributed by atoms with Crippen molar-refractivity contribution in [1.29, 1.82) is 0 Å². The Morgan fingerprint density at radius 3 is 1.37 bits per heavy atom. The summed E-state index contributed by atoms with van der Waals surface area (Å²) >= 11 is 0. The summed E-state index contributed by atoms with van der Waals surface area (Å²) in [7, 11) is -9.71. The molecule has 0 rings (SSSR count). The summed E-state index contributed by atoms with van der Waals surface area (Å²) in [5.74, 6) is 0. The van der Waals surface area contributed by atoms with Crippen molar-refractivity contribution in [2.45, 2.75) is 130 Å². The van der Waals surface area contributed by atoms with Crippen molar-refractivity contribution in [2.24, 2.45) is 5.16 Å². The predicted octanol–water partition coefficient (Wildman–Crippen LogP) is 6.74. The molecule has 4 atom stereocenters. The highest BCUT2D eigenvalue weighted by Gasteiger charge is 2.44. The Kier molecular flexibility index (Phi) is 14.1. The molecule has 0 aliphatic rings. The van der Waals surface area contributed by atoms with E-state index in [-0.39, 0.29) is 12.2 Å². The summed E-state index contributed by atoms with van der Waals surface area (Å²) in [5.41, 5.74) is 0. The normalized spacial score (nSPS) is 17.9. The average Bonchev–Trinajstić information content (AvgIpc) is 2.56. The molecule has 0 radical (unpaired) electrons. The van der Waals surface area contributed by atoms with E-state index in [9.17, 15) is 0 Å². The lowest BCUT2D eigenvalue weighted by atomic mass is 10.0. The molecule has 0 aromatic carbocycles. The monoisotopic (exact) mass is 583 g/mol. The summed E-state index contributed by atoms with van der Waals surface area (Å²) in [5, 5.41) is 4.23. The van der Waals surface area contributed by atoms with Gasteiger partial charge in [0.2, 0.25) is 0 Å². The van der Waals surface area contributed by atoms with Crippen molar-refractivity contribution >= 4 is 47.8 Å². The zero-order valence-corrected chi connectivity index (χ0v) is 30.7. The van der Waals surface area contributed by atoms with Gasteiger partial charge in [-0.1, -0.05) is 5.16 Å². The van der Waals surface area contributed by atoms with Gasteiger partial charge in [0, 0.05) is 0 Å². The first-order chi connectivity index (χ1) is 15.4. The lowest BCUT2D eigenvalue weighted by Crippen LogP contribution is -2.60. The van der Waals surface area contributed by atoms with E-state index in [1.165, 1.54) is 0 Å². The quantitative estimate of drug-likeness (QED) is 0.107. The molecular weight excluding hydrogens is 527 g/mol. The first kappa shape index (κ1) is 35.4. The molecule has 0 spiro atoms. The molecule has 0 amide bonds. The summed E-state index contributed by atoms with van der Waals surface area (Å²) in [6.45, 7) is 35.9. The molecule has 0 aliphatic carbocycles. The van der Waals surface area contributed by atoms with Crippen LogP contribution >= 0.6 is 0 Å². The zero-order chi connectivity index (χ0) is 27.9. The highest BCUT2D eigenvalue weighted by Crippen LogP contribution is 2.28. The summed E-state index contributed by atoms with van der Waals surface area (Å²) in [4.78, 5) is 5.36. The molecule has 0 saturated carbocycles. The van der Waals surface area contributed by atoms with Gasteiger partial charge >= 0.3 is 0 Å². The summed E-state index contributed by atoms with van der Waals surface area (Å²) in [6.07, 6.45) is 0.329. The topological polar surface area (TPSA) is 67.7 Å². The molecule has 0 aromatic heterocycles. The van der Waals surface area contributed by atoms with Crippen molar-refractivity contribution in [3.8, 4) is 0 Å². The van der Waals surface area contributed by atoms with Gasteiger partial charge in [0.25, 0.3) is 0 Å². The van der Waals surface area contributed by atoms with E-state index < -0.39 is 53.8 Å². The van der Waals surface area contributed by atoms with E-state index in [4.69, 9.17) is 27.0 Å². The molecule has 35 heavy (non-hydrogen) atoms. The SMILES string of the molecule is CCO/N=C/C(O[Si](C)(C)C)C(O[Si](C)(C)C)C(O[Si](C)(C)C)C(CO[Si](C)(C)C)O[Si](C)(C)C. The smallest absolute Gasteiger partial charge is 0.184 e. The molecule has 4 unspecified atom stereocenters. The van der Waals surface area contributed by atoms with E-state index in [2.05, 4.69) is 103 Å². The third kappa shape index (κ3) is 19.1. The van der Waals surface area contributed by atoms with Crippen LogP contribution in [-0.4, -0.2) is 85.4 Å². The van der Waals surface area contributed by atoms with Gasteiger partial charge in [-0.25, -0.2) is 0 Å². The molecule has 0 heterocycles. The fraction of sp³-hybridized carbons (Fsp3) is 0.957. The van der Waals surface area contributed by atoms with E-state index in [0.29, 0.717) is 13.2 Å². The van der Waals surface area contributed by atoms with Crippen LogP contribution in [0, 0.1) is 0 Å². The largest absolute Gasteiger partial charge is 0.415 e. The van der Waals surface area contributed by atoms with Gasteiger partial charge in [0.05, 0.1) is 25.0 Å². The minimum atomic E-state index is -2.02. The third-order valence-electron chi connectivity index (χ3n) is 4.08.